The normalized spacial score (nSPS) is 32.6. The maximum atomic E-state index is 10.8. The number of carboxylic acids is 1. The van der Waals surface area contributed by atoms with Crippen LogP contribution in [0.3, 0.4) is 0 Å². The standard InChI is InChI=1S/C15H27NO2/c1-15(2)10-5-7-13(15)16-11-4-3-6-12(16)8-9-14(17)18/h12-13H,3-11H2,1-2H3,(H,17,18). The van der Waals surface area contributed by atoms with Gasteiger partial charge in [-0.3, -0.25) is 9.69 Å². The summed E-state index contributed by atoms with van der Waals surface area (Å²) in [6.07, 6.45) is 8.87. The van der Waals surface area contributed by atoms with E-state index in [2.05, 4.69) is 18.7 Å². The highest BCUT2D eigenvalue weighted by molar-refractivity contribution is 5.66. The summed E-state index contributed by atoms with van der Waals surface area (Å²) < 4.78 is 0. The fourth-order valence-electron chi connectivity index (χ4n) is 3.96. The Balaban J connectivity index is 2.01. The molecule has 0 aromatic rings. The minimum absolute atomic E-state index is 0.328. The van der Waals surface area contributed by atoms with E-state index < -0.39 is 5.97 Å². The first-order valence-corrected chi connectivity index (χ1v) is 7.48. The van der Waals surface area contributed by atoms with Gasteiger partial charge >= 0.3 is 5.97 Å². The van der Waals surface area contributed by atoms with E-state index >= 15 is 0 Å². The van der Waals surface area contributed by atoms with Crippen molar-refractivity contribution in [2.45, 2.75) is 77.3 Å². The van der Waals surface area contributed by atoms with Crippen molar-refractivity contribution < 1.29 is 9.90 Å². The summed E-state index contributed by atoms with van der Waals surface area (Å²) in [7, 11) is 0. The number of aliphatic carboxylic acids is 1. The summed E-state index contributed by atoms with van der Waals surface area (Å²) in [5, 5.41) is 8.88. The first-order chi connectivity index (χ1) is 8.50. The molecule has 2 atom stereocenters. The highest BCUT2D eigenvalue weighted by Gasteiger charge is 2.41. The Morgan fingerprint density at radius 2 is 2.06 bits per heavy atom. The lowest BCUT2D eigenvalue weighted by molar-refractivity contribution is -0.137. The van der Waals surface area contributed by atoms with E-state index in [1.54, 1.807) is 0 Å². The van der Waals surface area contributed by atoms with Crippen LogP contribution in [0.15, 0.2) is 0 Å². The summed E-state index contributed by atoms with van der Waals surface area (Å²) in [4.78, 5) is 13.4. The molecule has 0 amide bonds. The van der Waals surface area contributed by atoms with Gasteiger partial charge in [0, 0.05) is 18.5 Å². The Hall–Kier alpha value is -0.570. The molecule has 18 heavy (non-hydrogen) atoms. The molecule has 2 fully saturated rings. The van der Waals surface area contributed by atoms with E-state index in [0.717, 1.165) is 6.42 Å². The third-order valence-corrected chi connectivity index (χ3v) is 4.97. The molecule has 1 aliphatic heterocycles. The van der Waals surface area contributed by atoms with Gasteiger partial charge in [0.25, 0.3) is 0 Å². The molecule has 1 saturated carbocycles. The topological polar surface area (TPSA) is 40.5 Å². The van der Waals surface area contributed by atoms with Gasteiger partial charge in [-0.15, -0.1) is 0 Å². The first kappa shape index (κ1) is 13.9. The van der Waals surface area contributed by atoms with E-state index in [-0.39, 0.29) is 0 Å². The molecule has 3 heteroatoms. The highest BCUT2D eigenvalue weighted by Crippen LogP contribution is 2.43. The van der Waals surface area contributed by atoms with Gasteiger partial charge in [-0.05, 0) is 44.1 Å². The van der Waals surface area contributed by atoms with Crippen molar-refractivity contribution in [3.8, 4) is 0 Å². The number of rotatable bonds is 4. The first-order valence-electron chi connectivity index (χ1n) is 7.48. The minimum atomic E-state index is -0.647. The van der Waals surface area contributed by atoms with Crippen LogP contribution in [0.1, 0.15) is 65.2 Å². The van der Waals surface area contributed by atoms with Gasteiger partial charge in [0.2, 0.25) is 0 Å². The van der Waals surface area contributed by atoms with Crippen molar-refractivity contribution in [2.75, 3.05) is 6.54 Å². The SMILES string of the molecule is CC1(C)CCCC1N1CCCCC1CCC(=O)O. The van der Waals surface area contributed by atoms with Crippen molar-refractivity contribution in [2.24, 2.45) is 5.41 Å². The number of nitrogens with zero attached hydrogens (tertiary/aromatic N) is 1. The Kier molecular flexibility index (Phi) is 4.31. The molecule has 2 rings (SSSR count). The van der Waals surface area contributed by atoms with Gasteiger partial charge in [0.15, 0.2) is 0 Å². The van der Waals surface area contributed by atoms with Crippen LogP contribution in [0.2, 0.25) is 0 Å². The van der Waals surface area contributed by atoms with Gasteiger partial charge in [0.05, 0.1) is 0 Å². The second-order valence-electron chi connectivity index (χ2n) is 6.72. The summed E-state index contributed by atoms with van der Waals surface area (Å²) in [6.45, 7) is 5.94. The van der Waals surface area contributed by atoms with Crippen LogP contribution in [0.4, 0.5) is 0 Å². The van der Waals surface area contributed by atoms with E-state index in [1.807, 2.05) is 0 Å². The summed E-state index contributed by atoms with van der Waals surface area (Å²) in [5.41, 5.74) is 0.415. The fraction of sp³-hybridized carbons (Fsp3) is 0.933. The van der Waals surface area contributed by atoms with Crippen molar-refractivity contribution >= 4 is 5.97 Å². The molecule has 2 unspecified atom stereocenters. The maximum Gasteiger partial charge on any atom is 0.303 e. The molecule has 1 aliphatic carbocycles. The number of carbonyl (C=O) groups is 1. The number of hydrogen-bond acceptors (Lipinski definition) is 2. The van der Waals surface area contributed by atoms with Crippen molar-refractivity contribution in [3.05, 3.63) is 0 Å². The van der Waals surface area contributed by atoms with Crippen LogP contribution in [0.5, 0.6) is 0 Å². The van der Waals surface area contributed by atoms with Crippen LogP contribution in [-0.4, -0.2) is 34.6 Å². The second-order valence-corrected chi connectivity index (χ2v) is 6.72. The maximum absolute atomic E-state index is 10.8. The number of hydrogen-bond donors (Lipinski definition) is 1. The molecule has 1 N–H and O–H groups in total. The summed E-state index contributed by atoms with van der Waals surface area (Å²) >= 11 is 0. The Labute approximate surface area is 111 Å². The van der Waals surface area contributed by atoms with Gasteiger partial charge in [-0.25, -0.2) is 0 Å². The van der Waals surface area contributed by atoms with Gasteiger partial charge in [-0.2, -0.15) is 0 Å². The van der Waals surface area contributed by atoms with Crippen molar-refractivity contribution in [1.82, 2.24) is 4.90 Å². The van der Waals surface area contributed by atoms with E-state index in [9.17, 15) is 4.79 Å². The average Bonchev–Trinajstić information content (AvgIpc) is 2.66. The molecule has 104 valence electrons. The predicted octanol–water partition coefficient (Wildman–Crippen LogP) is 3.28. The van der Waals surface area contributed by atoms with Crippen molar-refractivity contribution in [3.63, 3.8) is 0 Å². The Bertz CT molecular complexity index is 301. The van der Waals surface area contributed by atoms with Crippen LogP contribution >= 0.6 is 0 Å². The molecule has 0 aromatic heterocycles. The smallest absolute Gasteiger partial charge is 0.303 e. The summed E-state index contributed by atoms with van der Waals surface area (Å²) in [5.74, 6) is -0.647. The molecule has 0 aromatic carbocycles. The molecular formula is C15H27NO2. The third kappa shape index (κ3) is 3.05. The molecule has 0 radical (unpaired) electrons. The monoisotopic (exact) mass is 253 g/mol. The molecule has 0 spiro atoms. The van der Waals surface area contributed by atoms with E-state index in [4.69, 9.17) is 5.11 Å². The second kappa shape index (κ2) is 5.60. The van der Waals surface area contributed by atoms with Gasteiger partial charge in [0.1, 0.15) is 0 Å². The minimum Gasteiger partial charge on any atom is -0.481 e. The zero-order valence-corrected chi connectivity index (χ0v) is 11.8. The summed E-state index contributed by atoms with van der Waals surface area (Å²) in [6, 6.07) is 1.19. The van der Waals surface area contributed by atoms with Crippen LogP contribution < -0.4 is 0 Å². The van der Waals surface area contributed by atoms with Gasteiger partial charge in [-0.1, -0.05) is 26.7 Å². The van der Waals surface area contributed by atoms with E-state index in [1.165, 1.54) is 45.1 Å². The number of carboxylic acid groups (broad SMARTS) is 1. The van der Waals surface area contributed by atoms with Crippen LogP contribution in [0, 0.1) is 5.41 Å². The largest absolute Gasteiger partial charge is 0.481 e. The third-order valence-electron chi connectivity index (χ3n) is 4.97. The lowest BCUT2D eigenvalue weighted by atomic mass is 9.83. The van der Waals surface area contributed by atoms with E-state index in [0.29, 0.717) is 23.9 Å². The molecule has 2 aliphatic rings. The Morgan fingerprint density at radius 3 is 2.67 bits per heavy atom. The molecular weight excluding hydrogens is 226 g/mol. The quantitative estimate of drug-likeness (QED) is 0.836. The van der Waals surface area contributed by atoms with Crippen LogP contribution in [-0.2, 0) is 4.79 Å². The van der Waals surface area contributed by atoms with Crippen molar-refractivity contribution in [1.29, 1.82) is 0 Å². The zero-order valence-electron chi connectivity index (χ0n) is 11.8. The lowest BCUT2D eigenvalue weighted by Crippen LogP contribution is -2.50. The zero-order chi connectivity index (χ0) is 13.2. The Morgan fingerprint density at radius 1 is 1.28 bits per heavy atom. The van der Waals surface area contributed by atoms with Crippen LogP contribution in [0.25, 0.3) is 0 Å². The lowest BCUT2D eigenvalue weighted by Gasteiger charge is -2.45. The molecule has 1 saturated heterocycles. The number of piperidine rings is 1. The molecule has 3 nitrogen and oxygen atoms in total. The predicted molar refractivity (Wildman–Crippen MR) is 72.6 cm³/mol. The number of likely N-dealkylation sites (tertiary alicyclic amines) is 1. The highest BCUT2D eigenvalue weighted by atomic mass is 16.4. The fourth-order valence-corrected chi connectivity index (χ4v) is 3.96. The molecule has 1 heterocycles. The average molecular weight is 253 g/mol. The van der Waals surface area contributed by atoms with Gasteiger partial charge < -0.3 is 5.11 Å². The molecule has 0 bridgehead atoms.